The molecule has 0 fully saturated rings. The summed E-state index contributed by atoms with van der Waals surface area (Å²) in [7, 11) is -3.73. The van der Waals surface area contributed by atoms with Gasteiger partial charge in [-0.2, -0.15) is 0 Å². The molecular weight excluding hydrogens is 572 g/mol. The molecule has 9 heteroatoms. The number of benzene rings is 4. The van der Waals surface area contributed by atoms with Gasteiger partial charge in [-0.25, -0.2) is 8.42 Å². The van der Waals surface area contributed by atoms with Crippen LogP contribution >= 0.6 is 31.9 Å². The van der Waals surface area contributed by atoms with E-state index in [1.807, 2.05) is 24.3 Å². The third-order valence-corrected chi connectivity index (χ3v) is 7.42. The van der Waals surface area contributed by atoms with E-state index in [2.05, 4.69) is 41.9 Å². The molecule has 0 saturated carbocycles. The number of carbonyl (C=O) groups excluding carboxylic acids is 1. The summed E-state index contributed by atoms with van der Waals surface area (Å²) in [4.78, 5) is 12.4. The van der Waals surface area contributed by atoms with E-state index in [4.69, 9.17) is 4.74 Å². The van der Waals surface area contributed by atoms with Crippen LogP contribution in [-0.4, -0.2) is 20.9 Å². The molecule has 0 aliphatic rings. The number of halogens is 2. The van der Waals surface area contributed by atoms with E-state index >= 15 is 0 Å². The fourth-order valence-electron chi connectivity index (χ4n) is 3.13. The third-order valence-electron chi connectivity index (χ3n) is 4.71. The van der Waals surface area contributed by atoms with Crippen LogP contribution < -0.4 is 14.8 Å². The highest BCUT2D eigenvalue weighted by molar-refractivity contribution is 9.11. The van der Waals surface area contributed by atoms with Crippen LogP contribution in [-0.2, 0) is 14.8 Å². The molecule has 4 aromatic carbocycles. The lowest BCUT2D eigenvalue weighted by Crippen LogP contribution is -2.20. The first-order chi connectivity index (χ1) is 15.8. The van der Waals surface area contributed by atoms with E-state index in [0.717, 1.165) is 19.7 Å². The first-order valence-electron chi connectivity index (χ1n) is 9.80. The average Bonchev–Trinajstić information content (AvgIpc) is 2.79. The number of amides is 1. The Kier molecular flexibility index (Phi) is 7.02. The SMILES string of the molecule is O=C(COc1ccc2cc(Br)ccc2c1Br)Nc1ccc(S(=O)(=O)Nc2ccccc2)cc1. The maximum absolute atomic E-state index is 12.5. The normalized spacial score (nSPS) is 11.2. The van der Waals surface area contributed by atoms with Gasteiger partial charge in [0, 0.05) is 15.8 Å². The van der Waals surface area contributed by atoms with E-state index in [9.17, 15) is 13.2 Å². The van der Waals surface area contributed by atoms with Crippen molar-refractivity contribution in [3.63, 3.8) is 0 Å². The molecule has 0 saturated heterocycles. The van der Waals surface area contributed by atoms with Gasteiger partial charge in [0.05, 0.1) is 9.37 Å². The monoisotopic (exact) mass is 588 g/mol. The number of anilines is 2. The van der Waals surface area contributed by atoms with E-state index in [-0.39, 0.29) is 17.4 Å². The molecule has 168 valence electrons. The van der Waals surface area contributed by atoms with Gasteiger partial charge in [-0.05, 0) is 81.3 Å². The van der Waals surface area contributed by atoms with Gasteiger partial charge in [-0.3, -0.25) is 9.52 Å². The number of para-hydroxylation sites is 1. The number of hydrogen-bond donors (Lipinski definition) is 2. The maximum Gasteiger partial charge on any atom is 0.262 e. The lowest BCUT2D eigenvalue weighted by atomic mass is 10.1. The summed E-state index contributed by atoms with van der Waals surface area (Å²) in [5, 5.41) is 4.71. The average molecular weight is 590 g/mol. The van der Waals surface area contributed by atoms with Crippen LogP contribution in [0.2, 0.25) is 0 Å². The smallest absolute Gasteiger partial charge is 0.262 e. The molecule has 0 aliphatic carbocycles. The highest BCUT2D eigenvalue weighted by Crippen LogP contribution is 2.34. The summed E-state index contributed by atoms with van der Waals surface area (Å²) >= 11 is 6.99. The molecule has 0 aliphatic heterocycles. The number of sulfonamides is 1. The van der Waals surface area contributed by atoms with Crippen LogP contribution in [0.4, 0.5) is 11.4 Å². The number of fused-ring (bicyclic) bond motifs is 1. The highest BCUT2D eigenvalue weighted by Gasteiger charge is 2.15. The van der Waals surface area contributed by atoms with Crippen LogP contribution in [0, 0.1) is 0 Å². The Morgan fingerprint density at radius 3 is 2.30 bits per heavy atom. The summed E-state index contributed by atoms with van der Waals surface area (Å²) in [6, 6.07) is 24.1. The van der Waals surface area contributed by atoms with Gasteiger partial charge in [-0.1, -0.05) is 46.3 Å². The molecule has 0 atom stereocenters. The lowest BCUT2D eigenvalue weighted by Gasteiger charge is -2.12. The summed E-state index contributed by atoms with van der Waals surface area (Å²) < 4.78 is 35.0. The van der Waals surface area contributed by atoms with E-state index in [0.29, 0.717) is 17.1 Å². The summed E-state index contributed by atoms with van der Waals surface area (Å²) in [5.74, 6) is 0.184. The predicted octanol–water partition coefficient (Wildman–Crippen LogP) is 6.18. The Morgan fingerprint density at radius 1 is 0.848 bits per heavy atom. The fourth-order valence-corrected chi connectivity index (χ4v) is 5.18. The van der Waals surface area contributed by atoms with Crippen molar-refractivity contribution in [2.75, 3.05) is 16.6 Å². The molecule has 0 radical (unpaired) electrons. The second kappa shape index (κ2) is 9.94. The quantitative estimate of drug-likeness (QED) is 0.269. The Bertz CT molecular complexity index is 1410. The molecule has 1 amide bonds. The molecule has 2 N–H and O–H groups in total. The Hall–Kier alpha value is -2.88. The molecule has 0 aromatic heterocycles. The zero-order valence-corrected chi connectivity index (χ0v) is 21.1. The van der Waals surface area contributed by atoms with Crippen molar-refractivity contribution in [1.82, 2.24) is 0 Å². The highest BCUT2D eigenvalue weighted by atomic mass is 79.9. The zero-order valence-electron chi connectivity index (χ0n) is 17.1. The number of ether oxygens (including phenoxy) is 1. The Balaban J connectivity index is 1.38. The number of nitrogens with one attached hydrogen (secondary N) is 2. The second-order valence-corrected chi connectivity index (χ2v) is 10.5. The van der Waals surface area contributed by atoms with Gasteiger partial charge in [-0.15, -0.1) is 0 Å². The molecule has 0 bridgehead atoms. The molecule has 4 rings (SSSR count). The molecule has 6 nitrogen and oxygen atoms in total. The molecule has 0 spiro atoms. The van der Waals surface area contributed by atoms with Crippen LogP contribution in [0.5, 0.6) is 5.75 Å². The van der Waals surface area contributed by atoms with Crippen LogP contribution in [0.1, 0.15) is 0 Å². The summed E-state index contributed by atoms with van der Waals surface area (Å²) in [6.45, 7) is -0.198. The molecule has 33 heavy (non-hydrogen) atoms. The fraction of sp³-hybridized carbons (Fsp3) is 0.0417. The van der Waals surface area contributed by atoms with Gasteiger partial charge in [0.1, 0.15) is 5.75 Å². The summed E-state index contributed by atoms with van der Waals surface area (Å²) in [5.41, 5.74) is 0.934. The van der Waals surface area contributed by atoms with E-state index < -0.39 is 10.0 Å². The minimum atomic E-state index is -3.73. The van der Waals surface area contributed by atoms with Crippen LogP contribution in [0.25, 0.3) is 10.8 Å². The van der Waals surface area contributed by atoms with Crippen LogP contribution in [0.15, 0.2) is 98.8 Å². The summed E-state index contributed by atoms with van der Waals surface area (Å²) in [6.07, 6.45) is 0. The Labute approximate surface area is 208 Å². The maximum atomic E-state index is 12.5. The molecule has 4 aromatic rings. The van der Waals surface area contributed by atoms with Crippen molar-refractivity contribution in [3.05, 3.63) is 93.9 Å². The minimum Gasteiger partial charge on any atom is -0.483 e. The first-order valence-corrected chi connectivity index (χ1v) is 12.9. The molecular formula is C24H18Br2N2O4S. The standard InChI is InChI=1S/C24H18Br2N2O4S/c25-17-7-12-21-16(14-17)6-13-22(24(21)26)32-15-23(29)27-18-8-10-20(11-9-18)33(30,31)28-19-4-2-1-3-5-19/h1-14,28H,15H2,(H,27,29). The van der Waals surface area contributed by atoms with Gasteiger partial charge >= 0.3 is 0 Å². The topological polar surface area (TPSA) is 84.5 Å². The van der Waals surface area contributed by atoms with Gasteiger partial charge < -0.3 is 10.1 Å². The van der Waals surface area contributed by atoms with Crippen molar-refractivity contribution in [2.45, 2.75) is 4.90 Å². The van der Waals surface area contributed by atoms with Crippen molar-refractivity contribution in [2.24, 2.45) is 0 Å². The van der Waals surface area contributed by atoms with E-state index in [1.54, 1.807) is 36.4 Å². The Morgan fingerprint density at radius 2 is 1.58 bits per heavy atom. The first kappa shape index (κ1) is 23.3. The molecule has 0 unspecified atom stereocenters. The van der Waals surface area contributed by atoms with Crippen molar-refractivity contribution < 1.29 is 17.9 Å². The van der Waals surface area contributed by atoms with Gasteiger partial charge in [0.25, 0.3) is 15.9 Å². The van der Waals surface area contributed by atoms with Crippen molar-refractivity contribution in [1.29, 1.82) is 0 Å². The predicted molar refractivity (Wildman–Crippen MR) is 137 cm³/mol. The largest absolute Gasteiger partial charge is 0.483 e. The zero-order chi connectivity index (χ0) is 23.4. The number of hydrogen-bond acceptors (Lipinski definition) is 4. The number of carbonyl (C=O) groups is 1. The second-order valence-electron chi connectivity index (χ2n) is 7.08. The van der Waals surface area contributed by atoms with E-state index in [1.165, 1.54) is 24.3 Å². The van der Waals surface area contributed by atoms with Crippen molar-refractivity contribution >= 4 is 69.9 Å². The van der Waals surface area contributed by atoms with Gasteiger partial charge in [0.15, 0.2) is 6.61 Å². The van der Waals surface area contributed by atoms with Crippen molar-refractivity contribution in [3.8, 4) is 5.75 Å². The third kappa shape index (κ3) is 5.73. The molecule has 0 heterocycles. The van der Waals surface area contributed by atoms with Crippen LogP contribution in [0.3, 0.4) is 0 Å². The van der Waals surface area contributed by atoms with Gasteiger partial charge in [0.2, 0.25) is 0 Å². The minimum absolute atomic E-state index is 0.0901. The number of rotatable bonds is 7. The lowest BCUT2D eigenvalue weighted by molar-refractivity contribution is -0.118.